The van der Waals surface area contributed by atoms with Crippen LogP contribution in [0.25, 0.3) is 0 Å². The molecule has 2 fully saturated rings. The Balaban J connectivity index is 1.87. The molecule has 1 unspecified atom stereocenters. The number of amides is 2. The van der Waals surface area contributed by atoms with E-state index in [1.807, 2.05) is 4.90 Å². The van der Waals surface area contributed by atoms with Crippen molar-refractivity contribution >= 4 is 11.8 Å². The second-order valence-electron chi connectivity index (χ2n) is 5.13. The van der Waals surface area contributed by atoms with Crippen LogP contribution in [0.1, 0.15) is 19.3 Å². The Labute approximate surface area is 101 Å². The molecule has 2 heterocycles. The molecule has 0 aromatic carbocycles. The van der Waals surface area contributed by atoms with Crippen LogP contribution in [0.4, 0.5) is 0 Å². The number of piperidine rings is 1. The van der Waals surface area contributed by atoms with Gasteiger partial charge in [-0.3, -0.25) is 9.59 Å². The fourth-order valence-corrected chi connectivity index (χ4v) is 2.62. The number of carbonyl (C=O) groups excluding carboxylic acids is 2. The Bertz CT molecular complexity index is 311. The molecule has 0 bridgehead atoms. The minimum absolute atomic E-state index is 0.0635. The van der Waals surface area contributed by atoms with Crippen molar-refractivity contribution in [2.75, 3.05) is 33.3 Å². The number of carbonyl (C=O) groups is 2. The van der Waals surface area contributed by atoms with Crippen molar-refractivity contribution in [1.29, 1.82) is 0 Å². The maximum atomic E-state index is 12.2. The lowest BCUT2D eigenvalue weighted by atomic mass is 9.96. The van der Waals surface area contributed by atoms with Crippen molar-refractivity contribution in [3.8, 4) is 0 Å². The molecule has 2 aliphatic heterocycles. The van der Waals surface area contributed by atoms with Gasteiger partial charge >= 0.3 is 0 Å². The van der Waals surface area contributed by atoms with Crippen molar-refractivity contribution in [3.05, 3.63) is 0 Å². The molecule has 0 aromatic rings. The van der Waals surface area contributed by atoms with Gasteiger partial charge in [0.25, 0.3) is 0 Å². The van der Waals surface area contributed by atoms with E-state index in [2.05, 4.69) is 0 Å². The molecule has 0 aliphatic carbocycles. The van der Waals surface area contributed by atoms with Crippen molar-refractivity contribution in [2.45, 2.75) is 19.3 Å². The summed E-state index contributed by atoms with van der Waals surface area (Å²) in [7, 11) is 1.74. The summed E-state index contributed by atoms with van der Waals surface area (Å²) in [5.41, 5.74) is 0. The average molecular weight is 240 g/mol. The summed E-state index contributed by atoms with van der Waals surface area (Å²) in [6.07, 6.45) is 2.10. The molecule has 2 amide bonds. The summed E-state index contributed by atoms with van der Waals surface area (Å²) >= 11 is 0. The van der Waals surface area contributed by atoms with Gasteiger partial charge in [0.15, 0.2) is 0 Å². The van der Waals surface area contributed by atoms with Crippen LogP contribution < -0.4 is 0 Å². The molecule has 1 atom stereocenters. The molecule has 0 radical (unpaired) electrons. The highest BCUT2D eigenvalue weighted by atomic mass is 16.3. The maximum absolute atomic E-state index is 12.2. The average Bonchev–Trinajstić information content (AvgIpc) is 2.69. The lowest BCUT2D eigenvalue weighted by Gasteiger charge is -2.32. The second kappa shape index (κ2) is 5.04. The number of hydrogen-bond acceptors (Lipinski definition) is 3. The van der Waals surface area contributed by atoms with Gasteiger partial charge in [0.1, 0.15) is 0 Å². The molecule has 5 nitrogen and oxygen atoms in total. The van der Waals surface area contributed by atoms with Crippen molar-refractivity contribution in [3.63, 3.8) is 0 Å². The summed E-state index contributed by atoms with van der Waals surface area (Å²) < 4.78 is 0. The molecular weight excluding hydrogens is 220 g/mol. The van der Waals surface area contributed by atoms with Gasteiger partial charge in [-0.1, -0.05) is 0 Å². The number of hydrogen-bond donors (Lipinski definition) is 1. The zero-order chi connectivity index (χ0) is 12.4. The Kier molecular flexibility index (Phi) is 3.66. The number of rotatable bonds is 2. The summed E-state index contributed by atoms with van der Waals surface area (Å²) in [5, 5.41) is 9.04. The van der Waals surface area contributed by atoms with E-state index in [1.54, 1.807) is 11.9 Å². The Hall–Kier alpha value is -1.10. The molecule has 5 heteroatoms. The van der Waals surface area contributed by atoms with E-state index in [0.29, 0.717) is 18.9 Å². The Morgan fingerprint density at radius 2 is 2.06 bits per heavy atom. The monoisotopic (exact) mass is 240 g/mol. The van der Waals surface area contributed by atoms with Crippen LogP contribution in [-0.2, 0) is 9.59 Å². The molecule has 0 aromatic heterocycles. The SMILES string of the molecule is CN1CC(C(=O)N2CCC(CO)CC2)CC1=O. The predicted octanol–water partition coefficient (Wildman–Crippen LogP) is -0.304. The third-order valence-electron chi connectivity index (χ3n) is 3.87. The van der Waals surface area contributed by atoms with Crippen LogP contribution in [0, 0.1) is 11.8 Å². The summed E-state index contributed by atoms with van der Waals surface area (Å²) in [4.78, 5) is 27.0. The van der Waals surface area contributed by atoms with E-state index in [1.165, 1.54) is 0 Å². The molecule has 0 spiro atoms. The van der Waals surface area contributed by atoms with E-state index < -0.39 is 0 Å². The first-order chi connectivity index (χ1) is 8.11. The highest BCUT2D eigenvalue weighted by Gasteiger charge is 2.35. The van der Waals surface area contributed by atoms with Crippen LogP contribution in [0.3, 0.4) is 0 Å². The van der Waals surface area contributed by atoms with Crippen LogP contribution in [0.5, 0.6) is 0 Å². The summed E-state index contributed by atoms with van der Waals surface area (Å²) in [6.45, 7) is 2.21. The van der Waals surface area contributed by atoms with Crippen LogP contribution in [0.15, 0.2) is 0 Å². The molecule has 0 saturated carbocycles. The molecule has 2 aliphatic rings. The predicted molar refractivity (Wildman–Crippen MR) is 62.1 cm³/mol. The first-order valence-corrected chi connectivity index (χ1v) is 6.25. The van der Waals surface area contributed by atoms with Crippen LogP contribution in [0.2, 0.25) is 0 Å². The fourth-order valence-electron chi connectivity index (χ4n) is 2.62. The number of aliphatic hydroxyl groups is 1. The zero-order valence-electron chi connectivity index (χ0n) is 10.3. The standard InChI is InChI=1S/C12H20N2O3/c1-13-7-10(6-11(13)16)12(17)14-4-2-9(8-15)3-5-14/h9-10,15H,2-8H2,1H3. The maximum Gasteiger partial charge on any atom is 0.227 e. The topological polar surface area (TPSA) is 60.9 Å². The smallest absolute Gasteiger partial charge is 0.227 e. The minimum Gasteiger partial charge on any atom is -0.396 e. The molecule has 2 rings (SSSR count). The van der Waals surface area contributed by atoms with E-state index in [-0.39, 0.29) is 24.3 Å². The van der Waals surface area contributed by atoms with Crippen molar-refractivity contribution in [1.82, 2.24) is 9.80 Å². The normalized spacial score (nSPS) is 26.7. The van der Waals surface area contributed by atoms with Gasteiger partial charge in [-0.25, -0.2) is 0 Å². The highest BCUT2D eigenvalue weighted by molar-refractivity contribution is 5.89. The lowest BCUT2D eigenvalue weighted by molar-refractivity contribution is -0.137. The first-order valence-electron chi connectivity index (χ1n) is 6.25. The minimum atomic E-state index is -0.154. The van der Waals surface area contributed by atoms with E-state index in [4.69, 9.17) is 5.11 Å². The van der Waals surface area contributed by atoms with Gasteiger partial charge in [-0.05, 0) is 18.8 Å². The van der Waals surface area contributed by atoms with E-state index in [9.17, 15) is 9.59 Å². The molecule has 2 saturated heterocycles. The number of likely N-dealkylation sites (tertiary alicyclic amines) is 2. The number of aliphatic hydroxyl groups excluding tert-OH is 1. The molecule has 17 heavy (non-hydrogen) atoms. The van der Waals surface area contributed by atoms with Crippen LogP contribution in [-0.4, -0.2) is 60.0 Å². The third-order valence-corrected chi connectivity index (χ3v) is 3.87. The van der Waals surface area contributed by atoms with Crippen LogP contribution >= 0.6 is 0 Å². The zero-order valence-corrected chi connectivity index (χ0v) is 10.3. The third kappa shape index (κ3) is 2.60. The van der Waals surface area contributed by atoms with E-state index >= 15 is 0 Å². The van der Waals surface area contributed by atoms with Gasteiger partial charge in [-0.15, -0.1) is 0 Å². The summed E-state index contributed by atoms with van der Waals surface area (Å²) in [5.74, 6) is 0.359. The second-order valence-corrected chi connectivity index (χ2v) is 5.13. The Morgan fingerprint density at radius 3 is 2.53 bits per heavy atom. The molecular formula is C12H20N2O3. The number of nitrogens with zero attached hydrogens (tertiary/aromatic N) is 2. The lowest BCUT2D eigenvalue weighted by Crippen LogP contribution is -2.42. The van der Waals surface area contributed by atoms with Crippen molar-refractivity contribution in [2.24, 2.45) is 11.8 Å². The van der Waals surface area contributed by atoms with Gasteiger partial charge in [0, 0.05) is 39.7 Å². The van der Waals surface area contributed by atoms with Gasteiger partial charge in [0.05, 0.1) is 5.92 Å². The first kappa shape index (κ1) is 12.4. The fraction of sp³-hybridized carbons (Fsp3) is 0.833. The van der Waals surface area contributed by atoms with E-state index in [0.717, 1.165) is 25.9 Å². The largest absolute Gasteiger partial charge is 0.396 e. The van der Waals surface area contributed by atoms with Gasteiger partial charge < -0.3 is 14.9 Å². The highest BCUT2D eigenvalue weighted by Crippen LogP contribution is 2.22. The quantitative estimate of drug-likeness (QED) is 0.720. The molecule has 1 N–H and O–H groups in total. The Morgan fingerprint density at radius 1 is 1.41 bits per heavy atom. The van der Waals surface area contributed by atoms with Gasteiger partial charge in [0.2, 0.25) is 11.8 Å². The van der Waals surface area contributed by atoms with Gasteiger partial charge in [-0.2, -0.15) is 0 Å². The molecule has 96 valence electrons. The van der Waals surface area contributed by atoms with Crippen molar-refractivity contribution < 1.29 is 14.7 Å². The summed E-state index contributed by atoms with van der Waals surface area (Å²) in [6, 6.07) is 0.